The Morgan fingerprint density at radius 3 is 2.38 bits per heavy atom. The number of aromatic nitrogens is 1. The molecular weight excluding hydrogens is 350 g/mol. The molecule has 6 nitrogen and oxygen atoms in total. The zero-order valence-electron chi connectivity index (χ0n) is 16.0. The van der Waals surface area contributed by atoms with E-state index < -0.39 is 10.0 Å². The summed E-state index contributed by atoms with van der Waals surface area (Å²) in [7, 11) is -0.696. The number of sulfonamides is 1. The monoisotopic (exact) mass is 375 g/mol. The van der Waals surface area contributed by atoms with Crippen molar-refractivity contribution in [2.24, 2.45) is 4.99 Å². The Labute approximate surface area is 154 Å². The number of carbonyl (C=O) groups is 1. The van der Waals surface area contributed by atoms with Crippen LogP contribution in [0.1, 0.15) is 35.3 Å². The molecule has 1 aromatic carbocycles. The summed E-state index contributed by atoms with van der Waals surface area (Å²) >= 11 is 0. The Bertz CT molecular complexity index is 1000. The molecule has 0 bridgehead atoms. The SMILES string of the molecule is Cc1cc(C(=O)n2ccccc2=NC(C)C)cc(S(=O)(=O)N(C)C)c1C. The molecule has 0 aliphatic rings. The standard InChI is InChI=1S/C19H25N3O3S/c1-13(2)20-18-9-7-8-10-22(18)19(23)16-11-14(3)15(4)17(12-16)26(24,25)21(5)6/h7-13H,1-6H3. The molecule has 7 heteroatoms. The summed E-state index contributed by atoms with van der Waals surface area (Å²) in [5.41, 5.74) is 2.23. The van der Waals surface area contributed by atoms with E-state index >= 15 is 0 Å². The minimum absolute atomic E-state index is 0.0286. The van der Waals surface area contributed by atoms with Gasteiger partial charge in [-0.25, -0.2) is 12.7 Å². The summed E-state index contributed by atoms with van der Waals surface area (Å²) in [4.78, 5) is 17.7. The lowest BCUT2D eigenvalue weighted by molar-refractivity contribution is 0.0954. The van der Waals surface area contributed by atoms with Gasteiger partial charge in [-0.15, -0.1) is 0 Å². The van der Waals surface area contributed by atoms with E-state index in [1.54, 1.807) is 38.2 Å². The quantitative estimate of drug-likeness (QED) is 0.823. The summed E-state index contributed by atoms with van der Waals surface area (Å²) in [5, 5.41) is 0. The van der Waals surface area contributed by atoms with Crippen LogP contribution in [-0.4, -0.2) is 43.3 Å². The van der Waals surface area contributed by atoms with Gasteiger partial charge in [0.25, 0.3) is 5.91 Å². The van der Waals surface area contributed by atoms with Crippen molar-refractivity contribution in [3.63, 3.8) is 0 Å². The first-order chi connectivity index (χ1) is 12.1. The predicted molar refractivity (Wildman–Crippen MR) is 102 cm³/mol. The Morgan fingerprint density at radius 2 is 1.81 bits per heavy atom. The summed E-state index contributed by atoms with van der Waals surface area (Å²) in [6.45, 7) is 7.41. The number of carbonyl (C=O) groups excluding carboxylic acids is 1. The molecule has 0 spiro atoms. The van der Waals surface area contributed by atoms with Crippen LogP contribution in [0.4, 0.5) is 0 Å². The van der Waals surface area contributed by atoms with Gasteiger partial charge in [-0.05, 0) is 63.1 Å². The molecule has 0 radical (unpaired) electrons. The van der Waals surface area contributed by atoms with Gasteiger partial charge in [-0.3, -0.25) is 14.4 Å². The molecule has 0 N–H and O–H groups in total. The first-order valence-corrected chi connectivity index (χ1v) is 9.79. The second kappa shape index (κ2) is 7.55. The molecule has 0 saturated carbocycles. The zero-order valence-corrected chi connectivity index (χ0v) is 16.8. The van der Waals surface area contributed by atoms with Crippen LogP contribution in [0, 0.1) is 13.8 Å². The Hall–Kier alpha value is -2.25. The van der Waals surface area contributed by atoms with E-state index in [1.165, 1.54) is 24.7 Å². The molecule has 0 unspecified atom stereocenters. The van der Waals surface area contributed by atoms with E-state index in [1.807, 2.05) is 19.9 Å². The van der Waals surface area contributed by atoms with Crippen molar-refractivity contribution in [2.75, 3.05) is 14.1 Å². The molecule has 26 heavy (non-hydrogen) atoms. The van der Waals surface area contributed by atoms with Crippen molar-refractivity contribution in [1.29, 1.82) is 0 Å². The molecule has 0 amide bonds. The summed E-state index contributed by atoms with van der Waals surface area (Å²) in [5.74, 6) is -0.316. The molecule has 0 atom stereocenters. The molecule has 0 aliphatic heterocycles. The van der Waals surface area contributed by atoms with E-state index in [0.717, 1.165) is 9.87 Å². The fourth-order valence-corrected chi connectivity index (χ4v) is 3.75. The van der Waals surface area contributed by atoms with Crippen LogP contribution in [0.15, 0.2) is 46.4 Å². The van der Waals surface area contributed by atoms with Gasteiger partial charge in [0.15, 0.2) is 0 Å². The molecule has 0 saturated heterocycles. The second-order valence-corrected chi connectivity index (χ2v) is 8.78. The second-order valence-electron chi connectivity index (χ2n) is 6.66. The average Bonchev–Trinajstić information content (AvgIpc) is 2.56. The predicted octanol–water partition coefficient (Wildman–Crippen LogP) is 2.35. The summed E-state index contributed by atoms with van der Waals surface area (Å²) in [6, 6.07) is 8.50. The van der Waals surface area contributed by atoms with Gasteiger partial charge in [0.1, 0.15) is 5.49 Å². The maximum atomic E-state index is 13.1. The first-order valence-electron chi connectivity index (χ1n) is 8.35. The summed E-state index contributed by atoms with van der Waals surface area (Å²) in [6.07, 6.45) is 1.64. The van der Waals surface area contributed by atoms with Crippen LogP contribution in [0.2, 0.25) is 0 Å². The van der Waals surface area contributed by atoms with Gasteiger partial charge < -0.3 is 0 Å². The van der Waals surface area contributed by atoms with Crippen LogP contribution in [0.5, 0.6) is 0 Å². The van der Waals surface area contributed by atoms with Crippen LogP contribution in [-0.2, 0) is 10.0 Å². The molecule has 140 valence electrons. The van der Waals surface area contributed by atoms with Crippen molar-refractivity contribution < 1.29 is 13.2 Å². The Balaban J connectivity index is 2.69. The van der Waals surface area contributed by atoms with Crippen LogP contribution < -0.4 is 5.49 Å². The summed E-state index contributed by atoms with van der Waals surface area (Å²) < 4.78 is 27.8. The largest absolute Gasteiger partial charge is 0.268 e. The topological polar surface area (TPSA) is 71.7 Å². The average molecular weight is 375 g/mol. The van der Waals surface area contributed by atoms with Crippen molar-refractivity contribution in [3.05, 3.63) is 58.7 Å². The van der Waals surface area contributed by atoms with E-state index in [9.17, 15) is 13.2 Å². The maximum absolute atomic E-state index is 13.1. The van der Waals surface area contributed by atoms with Crippen molar-refractivity contribution in [1.82, 2.24) is 8.87 Å². The number of aryl methyl sites for hydroxylation is 1. The highest BCUT2D eigenvalue weighted by molar-refractivity contribution is 7.89. The van der Waals surface area contributed by atoms with Crippen molar-refractivity contribution in [3.8, 4) is 0 Å². The molecule has 1 aromatic heterocycles. The number of benzene rings is 1. The maximum Gasteiger partial charge on any atom is 0.263 e. The van der Waals surface area contributed by atoms with Crippen molar-refractivity contribution in [2.45, 2.75) is 38.6 Å². The number of pyridine rings is 1. The van der Waals surface area contributed by atoms with Gasteiger partial charge in [-0.1, -0.05) is 6.07 Å². The van der Waals surface area contributed by atoms with E-state index in [2.05, 4.69) is 4.99 Å². The van der Waals surface area contributed by atoms with Gasteiger partial charge in [0, 0.05) is 31.9 Å². The zero-order chi connectivity index (χ0) is 19.6. The Morgan fingerprint density at radius 1 is 1.15 bits per heavy atom. The van der Waals surface area contributed by atoms with Gasteiger partial charge >= 0.3 is 0 Å². The molecule has 0 aliphatic carbocycles. The molecule has 0 fully saturated rings. The lowest BCUT2D eigenvalue weighted by Gasteiger charge is -2.17. The fraction of sp³-hybridized carbons (Fsp3) is 0.368. The number of hydrogen-bond acceptors (Lipinski definition) is 4. The van der Waals surface area contributed by atoms with E-state index in [4.69, 9.17) is 0 Å². The van der Waals surface area contributed by atoms with Crippen LogP contribution in [0.25, 0.3) is 0 Å². The third-order valence-electron chi connectivity index (χ3n) is 4.07. The third-order valence-corrected chi connectivity index (χ3v) is 6.01. The highest BCUT2D eigenvalue weighted by Gasteiger charge is 2.23. The lowest BCUT2D eigenvalue weighted by atomic mass is 10.1. The minimum Gasteiger partial charge on any atom is -0.268 e. The van der Waals surface area contributed by atoms with Crippen LogP contribution in [0.3, 0.4) is 0 Å². The lowest BCUT2D eigenvalue weighted by Crippen LogP contribution is -2.29. The molecule has 2 aromatic rings. The highest BCUT2D eigenvalue weighted by Crippen LogP contribution is 2.23. The van der Waals surface area contributed by atoms with E-state index in [0.29, 0.717) is 16.6 Å². The van der Waals surface area contributed by atoms with Gasteiger partial charge in [0.2, 0.25) is 10.0 Å². The normalized spacial score (nSPS) is 12.8. The Kier molecular flexibility index (Phi) is 5.83. The molecule has 1 heterocycles. The first kappa shape index (κ1) is 20.1. The minimum atomic E-state index is -3.65. The smallest absolute Gasteiger partial charge is 0.263 e. The number of nitrogens with zero attached hydrogens (tertiary/aromatic N) is 3. The van der Waals surface area contributed by atoms with Crippen LogP contribution >= 0.6 is 0 Å². The third kappa shape index (κ3) is 3.94. The van der Waals surface area contributed by atoms with Gasteiger partial charge in [0.05, 0.1) is 4.90 Å². The highest BCUT2D eigenvalue weighted by atomic mass is 32.2. The van der Waals surface area contributed by atoms with Crippen molar-refractivity contribution >= 4 is 15.9 Å². The number of rotatable bonds is 4. The van der Waals surface area contributed by atoms with E-state index in [-0.39, 0.29) is 16.8 Å². The molecule has 2 rings (SSSR count). The molecular formula is C19H25N3O3S. The fourth-order valence-electron chi connectivity index (χ4n) is 2.53. The van der Waals surface area contributed by atoms with Gasteiger partial charge in [-0.2, -0.15) is 0 Å². The number of hydrogen-bond donors (Lipinski definition) is 0.